The summed E-state index contributed by atoms with van der Waals surface area (Å²) in [6.07, 6.45) is -0.985. The van der Waals surface area contributed by atoms with Crippen LogP contribution in [0.3, 0.4) is 0 Å². The zero-order valence-corrected chi connectivity index (χ0v) is 6.64. The van der Waals surface area contributed by atoms with Crippen molar-refractivity contribution in [3.05, 3.63) is 28.9 Å². The maximum absolute atomic E-state index is 11.0. The van der Waals surface area contributed by atoms with Crippen LogP contribution in [-0.2, 0) is 4.79 Å². The molecule has 0 aliphatic carbocycles. The van der Waals surface area contributed by atoms with Crippen molar-refractivity contribution >= 4 is 5.91 Å². The van der Waals surface area contributed by atoms with Gasteiger partial charge in [-0.15, -0.1) is 0 Å². The van der Waals surface area contributed by atoms with Crippen LogP contribution < -0.4 is 16.4 Å². The van der Waals surface area contributed by atoms with Crippen LogP contribution in [0.1, 0.15) is 0 Å². The number of rotatable bonds is 0. The molecule has 1 aliphatic heterocycles. The van der Waals surface area contributed by atoms with E-state index in [9.17, 15) is 9.90 Å². The molecule has 0 spiro atoms. The monoisotopic (exact) mass is 177 g/mol. The van der Waals surface area contributed by atoms with Crippen LogP contribution >= 0.6 is 0 Å². The van der Waals surface area contributed by atoms with Crippen LogP contribution in [0.25, 0.3) is 0 Å². The molecule has 1 atom stereocenters. The Hall–Kier alpha value is -1.75. The molecular formula is C8H7N3O2. The van der Waals surface area contributed by atoms with Gasteiger partial charge in [0, 0.05) is 0 Å². The van der Waals surface area contributed by atoms with E-state index < -0.39 is 12.1 Å². The Balaban J connectivity index is 2.84. The number of aromatic hydroxyl groups is 1. The van der Waals surface area contributed by atoms with Crippen LogP contribution in [0.15, 0.2) is 28.2 Å². The molecule has 0 aromatic heterocycles. The van der Waals surface area contributed by atoms with Crippen molar-refractivity contribution < 1.29 is 9.90 Å². The molecule has 66 valence electrons. The molecule has 0 saturated heterocycles. The topological polar surface area (TPSA) is 88.0 Å². The molecule has 0 bridgehead atoms. The molecule has 13 heavy (non-hydrogen) atoms. The highest BCUT2D eigenvalue weighted by Crippen LogP contribution is 1.97. The van der Waals surface area contributed by atoms with Crippen molar-refractivity contribution in [2.45, 2.75) is 6.17 Å². The second-order valence-electron chi connectivity index (χ2n) is 2.67. The van der Waals surface area contributed by atoms with Crippen LogP contribution in [0, 0.1) is 0 Å². The smallest absolute Gasteiger partial charge is 0.285 e. The maximum Gasteiger partial charge on any atom is 0.285 e. The van der Waals surface area contributed by atoms with E-state index in [1.165, 1.54) is 6.07 Å². The van der Waals surface area contributed by atoms with Gasteiger partial charge in [0.05, 0.1) is 5.36 Å². The molecule has 0 fully saturated rings. The van der Waals surface area contributed by atoms with E-state index in [4.69, 9.17) is 5.73 Å². The SMILES string of the molecule is NC1N=c2c(O)cccc2=NC1=O. The molecule has 1 aromatic carbocycles. The maximum atomic E-state index is 11.0. The van der Waals surface area contributed by atoms with E-state index in [0.717, 1.165) is 0 Å². The lowest BCUT2D eigenvalue weighted by atomic mass is 10.3. The number of para-hydroxylation sites is 1. The Bertz CT molecular complexity index is 481. The number of hydrogen-bond acceptors (Lipinski definition) is 4. The van der Waals surface area contributed by atoms with Gasteiger partial charge in [-0.3, -0.25) is 9.79 Å². The summed E-state index contributed by atoms with van der Waals surface area (Å²) in [7, 11) is 0. The second-order valence-corrected chi connectivity index (χ2v) is 2.67. The average molecular weight is 177 g/mol. The van der Waals surface area contributed by atoms with Crippen molar-refractivity contribution in [3.8, 4) is 5.75 Å². The minimum atomic E-state index is -0.985. The summed E-state index contributed by atoms with van der Waals surface area (Å²) in [4.78, 5) is 18.5. The van der Waals surface area contributed by atoms with Gasteiger partial charge in [0.2, 0.25) is 0 Å². The number of phenols is 1. The number of phenolic OH excluding ortho intramolecular Hbond substituents is 1. The van der Waals surface area contributed by atoms with Gasteiger partial charge in [-0.25, -0.2) is 4.99 Å². The first kappa shape index (κ1) is 7.88. The van der Waals surface area contributed by atoms with Gasteiger partial charge in [-0.05, 0) is 12.1 Å². The predicted octanol–water partition coefficient (Wildman–Crippen LogP) is -1.54. The fourth-order valence-electron chi connectivity index (χ4n) is 1.12. The number of amides is 1. The standard InChI is InChI=1S/C8H7N3O2/c9-7-8(13)10-4-2-1-3-5(12)6(4)11-7/h1-3,7,12H,9H2. The third-order valence-corrected chi connectivity index (χ3v) is 1.75. The minimum Gasteiger partial charge on any atom is -0.506 e. The second kappa shape index (κ2) is 2.63. The van der Waals surface area contributed by atoms with Gasteiger partial charge in [-0.2, -0.15) is 0 Å². The normalized spacial score (nSPS) is 20.1. The molecule has 5 heteroatoms. The van der Waals surface area contributed by atoms with Crippen molar-refractivity contribution in [1.82, 2.24) is 0 Å². The Morgan fingerprint density at radius 2 is 2.23 bits per heavy atom. The van der Waals surface area contributed by atoms with Gasteiger partial charge in [0.1, 0.15) is 11.1 Å². The van der Waals surface area contributed by atoms with Crippen LogP contribution in [0.2, 0.25) is 0 Å². The van der Waals surface area contributed by atoms with E-state index in [1.807, 2.05) is 0 Å². The van der Waals surface area contributed by atoms with Crippen LogP contribution in [0.4, 0.5) is 0 Å². The van der Waals surface area contributed by atoms with Gasteiger partial charge in [-0.1, -0.05) is 6.07 Å². The molecule has 0 radical (unpaired) electrons. The molecule has 0 saturated carbocycles. The summed E-state index contributed by atoms with van der Waals surface area (Å²) in [5, 5.41) is 9.99. The lowest BCUT2D eigenvalue weighted by Crippen LogP contribution is -2.40. The van der Waals surface area contributed by atoms with E-state index >= 15 is 0 Å². The number of nitrogens with two attached hydrogens (primary N) is 1. The van der Waals surface area contributed by atoms with Crippen molar-refractivity contribution in [3.63, 3.8) is 0 Å². The van der Waals surface area contributed by atoms with E-state index in [2.05, 4.69) is 9.98 Å². The van der Waals surface area contributed by atoms with Crippen LogP contribution in [-0.4, -0.2) is 17.2 Å². The largest absolute Gasteiger partial charge is 0.506 e. The Morgan fingerprint density at radius 1 is 1.46 bits per heavy atom. The summed E-state index contributed by atoms with van der Waals surface area (Å²) in [5.74, 6) is -0.498. The molecule has 3 N–H and O–H groups in total. The van der Waals surface area contributed by atoms with Gasteiger partial charge < -0.3 is 10.8 Å². The Labute approximate surface area is 73.2 Å². The quantitative estimate of drug-likeness (QED) is 0.503. The van der Waals surface area contributed by atoms with Gasteiger partial charge >= 0.3 is 0 Å². The lowest BCUT2D eigenvalue weighted by molar-refractivity contribution is -0.119. The van der Waals surface area contributed by atoms with E-state index in [-0.39, 0.29) is 11.1 Å². The number of carbonyl (C=O) groups excluding carboxylic acids is 1. The highest BCUT2D eigenvalue weighted by Gasteiger charge is 2.15. The van der Waals surface area contributed by atoms with Crippen LogP contribution in [0.5, 0.6) is 5.75 Å². The fraction of sp³-hybridized carbons (Fsp3) is 0.125. The van der Waals surface area contributed by atoms with Gasteiger partial charge in [0.15, 0.2) is 6.17 Å². The zero-order chi connectivity index (χ0) is 9.42. The Kier molecular flexibility index (Phi) is 1.60. The molecule has 1 aromatic rings. The molecule has 1 unspecified atom stereocenters. The molecular weight excluding hydrogens is 170 g/mol. The summed E-state index contributed by atoms with van der Waals surface area (Å²) >= 11 is 0. The number of benzene rings is 1. The third-order valence-electron chi connectivity index (χ3n) is 1.75. The first-order chi connectivity index (χ1) is 6.18. The van der Waals surface area contributed by atoms with E-state index in [0.29, 0.717) is 5.36 Å². The zero-order valence-electron chi connectivity index (χ0n) is 6.64. The first-order valence-electron chi connectivity index (χ1n) is 3.72. The summed E-state index contributed by atoms with van der Waals surface area (Å²) in [6, 6.07) is 4.67. The fourth-order valence-corrected chi connectivity index (χ4v) is 1.12. The van der Waals surface area contributed by atoms with Crippen molar-refractivity contribution in [2.75, 3.05) is 0 Å². The highest BCUT2D eigenvalue weighted by molar-refractivity contribution is 5.82. The number of carbonyl (C=O) groups is 1. The number of nitrogens with zero attached hydrogens (tertiary/aromatic N) is 2. The summed E-state index contributed by atoms with van der Waals surface area (Å²) in [6.45, 7) is 0. The highest BCUT2D eigenvalue weighted by atomic mass is 16.3. The van der Waals surface area contributed by atoms with Gasteiger partial charge in [0.25, 0.3) is 5.91 Å². The lowest BCUT2D eigenvalue weighted by Gasteiger charge is -2.05. The summed E-state index contributed by atoms with van der Waals surface area (Å²) in [5.41, 5.74) is 5.34. The first-order valence-corrected chi connectivity index (χ1v) is 3.72. The number of fused-ring (bicyclic) bond motifs is 1. The minimum absolute atomic E-state index is 0.01000. The molecule has 5 nitrogen and oxygen atoms in total. The molecule has 2 rings (SSSR count). The summed E-state index contributed by atoms with van der Waals surface area (Å²) < 4.78 is 0. The molecule has 1 amide bonds. The van der Waals surface area contributed by atoms with Crippen molar-refractivity contribution in [1.29, 1.82) is 0 Å². The molecule has 1 aliphatic rings. The predicted molar refractivity (Wildman–Crippen MR) is 43.4 cm³/mol. The average Bonchev–Trinajstić information content (AvgIpc) is 2.09. The van der Waals surface area contributed by atoms with E-state index in [1.54, 1.807) is 12.1 Å². The third kappa shape index (κ3) is 1.19. The molecule has 1 heterocycles. The Morgan fingerprint density at radius 3 is 3.00 bits per heavy atom. The number of hydrogen-bond donors (Lipinski definition) is 2. The van der Waals surface area contributed by atoms with Crippen molar-refractivity contribution in [2.24, 2.45) is 15.7 Å².